The van der Waals surface area contributed by atoms with E-state index in [4.69, 9.17) is 4.74 Å². The minimum atomic E-state index is -3.15. The van der Waals surface area contributed by atoms with E-state index in [1.165, 1.54) is 7.11 Å². The van der Waals surface area contributed by atoms with Crippen LogP contribution in [0.2, 0.25) is 0 Å². The zero-order valence-corrected chi connectivity index (χ0v) is 13.2. The first-order valence-corrected chi connectivity index (χ1v) is 8.78. The highest BCUT2D eigenvalue weighted by Gasteiger charge is 2.30. The van der Waals surface area contributed by atoms with E-state index in [1.807, 2.05) is 0 Å². The van der Waals surface area contributed by atoms with Crippen LogP contribution in [-0.2, 0) is 19.4 Å². The van der Waals surface area contributed by atoms with Gasteiger partial charge < -0.3 is 10.1 Å². The lowest BCUT2D eigenvalue weighted by atomic mass is 10.1. The quantitative estimate of drug-likeness (QED) is 0.844. The van der Waals surface area contributed by atoms with Crippen molar-refractivity contribution in [2.24, 2.45) is 5.92 Å². The van der Waals surface area contributed by atoms with Crippen LogP contribution in [0, 0.1) is 5.92 Å². The zero-order chi connectivity index (χ0) is 15.5. The van der Waals surface area contributed by atoms with Gasteiger partial charge in [-0.25, -0.2) is 8.42 Å². The average Bonchev–Trinajstić information content (AvgIpc) is 2.95. The van der Waals surface area contributed by atoms with Crippen molar-refractivity contribution in [3.8, 4) is 0 Å². The number of carbonyl (C=O) groups is 1. The van der Waals surface area contributed by atoms with Crippen LogP contribution >= 0.6 is 0 Å². The number of sulfone groups is 1. The molecule has 0 aromatic heterocycles. The molecule has 1 aliphatic rings. The highest BCUT2D eigenvalue weighted by Crippen LogP contribution is 2.29. The van der Waals surface area contributed by atoms with Crippen LogP contribution in [0.3, 0.4) is 0 Å². The first-order chi connectivity index (χ1) is 9.96. The fourth-order valence-electron chi connectivity index (χ4n) is 2.65. The zero-order valence-electron chi connectivity index (χ0n) is 12.3. The first kappa shape index (κ1) is 15.8. The summed E-state index contributed by atoms with van der Waals surface area (Å²) in [7, 11) is -1.74. The third-order valence-electron chi connectivity index (χ3n) is 3.93. The van der Waals surface area contributed by atoms with Crippen molar-refractivity contribution < 1.29 is 17.9 Å². The van der Waals surface area contributed by atoms with Crippen molar-refractivity contribution in [1.82, 2.24) is 0 Å². The molecule has 0 radical (unpaired) electrons. The smallest absolute Gasteiger partial charge is 0.308 e. The van der Waals surface area contributed by atoms with E-state index in [-0.39, 0.29) is 23.7 Å². The molecular weight excluding hydrogens is 290 g/mol. The van der Waals surface area contributed by atoms with Gasteiger partial charge in [-0.3, -0.25) is 4.79 Å². The number of nitrogens with one attached hydrogen (secondary N) is 1. The van der Waals surface area contributed by atoms with E-state index in [1.54, 1.807) is 31.2 Å². The maximum atomic E-state index is 11.7. The number of anilines is 1. The molecular formula is C15H21NO4S. The van der Waals surface area contributed by atoms with Gasteiger partial charge in [0.15, 0.2) is 9.84 Å². The average molecular weight is 311 g/mol. The maximum Gasteiger partial charge on any atom is 0.308 e. The van der Waals surface area contributed by atoms with Gasteiger partial charge in [0.25, 0.3) is 0 Å². The Morgan fingerprint density at radius 3 is 2.52 bits per heavy atom. The van der Waals surface area contributed by atoms with Crippen molar-refractivity contribution in [3.63, 3.8) is 0 Å². The van der Waals surface area contributed by atoms with Gasteiger partial charge >= 0.3 is 5.97 Å². The summed E-state index contributed by atoms with van der Waals surface area (Å²) >= 11 is 0. The largest absolute Gasteiger partial charge is 0.469 e. The Balaban J connectivity index is 1.97. The molecule has 0 heterocycles. The van der Waals surface area contributed by atoms with Gasteiger partial charge in [-0.05, 0) is 43.5 Å². The molecule has 1 fully saturated rings. The Labute approximate surface area is 125 Å². The van der Waals surface area contributed by atoms with Crippen molar-refractivity contribution in [3.05, 3.63) is 24.3 Å². The van der Waals surface area contributed by atoms with Gasteiger partial charge in [0.2, 0.25) is 0 Å². The predicted octanol–water partition coefficient (Wildman–Crippen LogP) is 2.23. The second kappa shape index (κ2) is 6.47. The van der Waals surface area contributed by atoms with Crippen LogP contribution < -0.4 is 5.32 Å². The van der Waals surface area contributed by atoms with Crippen LogP contribution in [0.5, 0.6) is 0 Å². The molecule has 1 aromatic rings. The van der Waals surface area contributed by atoms with Crippen LogP contribution in [0.1, 0.15) is 26.2 Å². The number of benzene rings is 1. The molecule has 5 nitrogen and oxygen atoms in total. The van der Waals surface area contributed by atoms with Crippen molar-refractivity contribution in [2.45, 2.75) is 37.1 Å². The number of methoxy groups -OCH3 is 1. The van der Waals surface area contributed by atoms with Crippen molar-refractivity contribution >= 4 is 21.5 Å². The normalized spacial score (nSPS) is 22.0. The minimum Gasteiger partial charge on any atom is -0.469 e. The lowest BCUT2D eigenvalue weighted by Gasteiger charge is -2.14. The second-order valence-corrected chi connectivity index (χ2v) is 7.58. The summed E-state index contributed by atoms with van der Waals surface area (Å²) in [5.41, 5.74) is 0.876. The van der Waals surface area contributed by atoms with Crippen LogP contribution in [0.25, 0.3) is 0 Å². The summed E-state index contributed by atoms with van der Waals surface area (Å²) < 4.78 is 28.2. The Kier molecular flexibility index (Phi) is 4.88. The Morgan fingerprint density at radius 2 is 1.95 bits per heavy atom. The van der Waals surface area contributed by atoms with E-state index in [0.29, 0.717) is 4.90 Å². The summed E-state index contributed by atoms with van der Waals surface area (Å²) in [6.45, 7) is 1.63. The van der Waals surface area contributed by atoms with Crippen LogP contribution in [0.15, 0.2) is 29.2 Å². The minimum absolute atomic E-state index is 0.0350. The Bertz CT molecular complexity index is 595. The Morgan fingerprint density at radius 1 is 1.29 bits per heavy atom. The molecule has 1 aromatic carbocycles. The third-order valence-corrected chi connectivity index (χ3v) is 5.68. The molecule has 0 aliphatic heterocycles. The number of hydrogen-bond acceptors (Lipinski definition) is 5. The van der Waals surface area contributed by atoms with E-state index in [0.717, 1.165) is 24.9 Å². The van der Waals surface area contributed by atoms with Gasteiger partial charge in [0, 0.05) is 11.7 Å². The standard InChI is InChI=1S/C15H21NO4S/c1-3-21(18,19)14-8-6-12(7-9-14)16-13-5-4-11(10-13)15(17)20-2/h6-9,11,13,16H,3-5,10H2,1-2H3/t11-,13+/m0/s1. The number of hydrogen-bond donors (Lipinski definition) is 1. The summed E-state index contributed by atoms with van der Waals surface area (Å²) in [4.78, 5) is 11.8. The van der Waals surface area contributed by atoms with Crippen molar-refractivity contribution in [1.29, 1.82) is 0 Å². The lowest BCUT2D eigenvalue weighted by Crippen LogP contribution is -2.18. The highest BCUT2D eigenvalue weighted by molar-refractivity contribution is 7.91. The third kappa shape index (κ3) is 3.75. The number of esters is 1. The van der Waals surface area contributed by atoms with Gasteiger partial charge in [-0.15, -0.1) is 0 Å². The molecule has 0 saturated heterocycles. The molecule has 0 unspecified atom stereocenters. The molecule has 0 spiro atoms. The number of carbonyl (C=O) groups excluding carboxylic acids is 1. The fourth-order valence-corrected chi connectivity index (χ4v) is 3.54. The molecule has 0 amide bonds. The topological polar surface area (TPSA) is 72.5 Å². The summed E-state index contributed by atoms with van der Waals surface area (Å²) in [6, 6.07) is 7.01. The Hall–Kier alpha value is -1.56. The molecule has 1 N–H and O–H groups in total. The van der Waals surface area contributed by atoms with Gasteiger partial charge in [0.05, 0.1) is 23.7 Å². The van der Waals surface area contributed by atoms with Gasteiger partial charge in [-0.1, -0.05) is 6.92 Å². The summed E-state index contributed by atoms with van der Waals surface area (Å²) in [5, 5.41) is 3.34. The van der Waals surface area contributed by atoms with E-state index in [9.17, 15) is 13.2 Å². The SMILES string of the molecule is CCS(=O)(=O)c1ccc(N[C@@H]2CC[C@H](C(=O)OC)C2)cc1. The van der Waals surface area contributed by atoms with Gasteiger partial charge in [-0.2, -0.15) is 0 Å². The summed E-state index contributed by atoms with van der Waals surface area (Å²) in [5.74, 6) is -0.0839. The highest BCUT2D eigenvalue weighted by atomic mass is 32.2. The fraction of sp³-hybridized carbons (Fsp3) is 0.533. The molecule has 1 aliphatic carbocycles. The van der Waals surface area contributed by atoms with Crippen LogP contribution in [0.4, 0.5) is 5.69 Å². The monoisotopic (exact) mass is 311 g/mol. The first-order valence-electron chi connectivity index (χ1n) is 7.13. The molecule has 116 valence electrons. The predicted molar refractivity (Wildman–Crippen MR) is 80.9 cm³/mol. The van der Waals surface area contributed by atoms with Gasteiger partial charge in [0.1, 0.15) is 0 Å². The summed E-state index contributed by atoms with van der Waals surface area (Å²) in [6.07, 6.45) is 2.49. The molecule has 2 rings (SSSR count). The molecule has 0 bridgehead atoms. The molecule has 1 saturated carbocycles. The maximum absolute atomic E-state index is 11.7. The molecule has 6 heteroatoms. The van der Waals surface area contributed by atoms with E-state index >= 15 is 0 Å². The van der Waals surface area contributed by atoms with E-state index in [2.05, 4.69) is 5.32 Å². The van der Waals surface area contributed by atoms with Crippen LogP contribution in [-0.4, -0.2) is 33.3 Å². The molecule has 21 heavy (non-hydrogen) atoms. The number of ether oxygens (including phenoxy) is 1. The number of rotatable bonds is 5. The van der Waals surface area contributed by atoms with Crippen molar-refractivity contribution in [2.75, 3.05) is 18.2 Å². The second-order valence-electron chi connectivity index (χ2n) is 5.30. The molecule has 2 atom stereocenters. The van der Waals surface area contributed by atoms with E-state index < -0.39 is 9.84 Å². The lowest BCUT2D eigenvalue weighted by molar-refractivity contribution is -0.145.